The summed E-state index contributed by atoms with van der Waals surface area (Å²) in [7, 11) is 4.12. The van der Waals surface area contributed by atoms with Crippen molar-refractivity contribution in [3.63, 3.8) is 0 Å². The van der Waals surface area contributed by atoms with E-state index >= 15 is 0 Å². The van der Waals surface area contributed by atoms with Gasteiger partial charge in [0.25, 0.3) is 0 Å². The Balaban J connectivity index is 1.64. The predicted octanol–water partition coefficient (Wildman–Crippen LogP) is 5.32. The molecule has 6 nitrogen and oxygen atoms in total. The first kappa shape index (κ1) is 19.9. The minimum atomic E-state index is 0.505. The lowest BCUT2D eigenvalue weighted by Gasteiger charge is -2.16. The SMILES string of the molecule is Cc1ncccc1-c1ccc(Oc2nccc3occc23)cc1OCCCN(C)C. The zero-order valence-electron chi connectivity index (χ0n) is 17.5. The second-order valence-corrected chi connectivity index (χ2v) is 7.35. The quantitative estimate of drug-likeness (QED) is 0.371. The molecule has 30 heavy (non-hydrogen) atoms. The maximum atomic E-state index is 6.17. The number of ether oxygens (including phenoxy) is 2. The zero-order valence-corrected chi connectivity index (χ0v) is 17.5. The van der Waals surface area contributed by atoms with Crippen molar-refractivity contribution in [1.29, 1.82) is 0 Å². The van der Waals surface area contributed by atoms with Crippen molar-refractivity contribution in [3.05, 3.63) is 66.8 Å². The molecule has 0 aliphatic heterocycles. The number of fused-ring (bicyclic) bond motifs is 1. The lowest BCUT2D eigenvalue weighted by molar-refractivity contribution is 0.281. The third-order valence-electron chi connectivity index (χ3n) is 4.82. The molecule has 3 heterocycles. The van der Waals surface area contributed by atoms with Crippen LogP contribution < -0.4 is 9.47 Å². The summed E-state index contributed by atoms with van der Waals surface area (Å²) in [5.74, 6) is 1.93. The van der Waals surface area contributed by atoms with Crippen LogP contribution in [-0.2, 0) is 0 Å². The van der Waals surface area contributed by atoms with E-state index in [1.54, 1.807) is 18.7 Å². The summed E-state index contributed by atoms with van der Waals surface area (Å²) in [6, 6.07) is 13.5. The van der Waals surface area contributed by atoms with Gasteiger partial charge in [-0.2, -0.15) is 0 Å². The third kappa shape index (κ3) is 4.44. The lowest BCUT2D eigenvalue weighted by atomic mass is 10.0. The second-order valence-electron chi connectivity index (χ2n) is 7.35. The van der Waals surface area contributed by atoms with Gasteiger partial charge in [0, 0.05) is 41.8 Å². The van der Waals surface area contributed by atoms with Gasteiger partial charge in [0.2, 0.25) is 5.88 Å². The highest BCUT2D eigenvalue weighted by Crippen LogP contribution is 2.37. The lowest BCUT2D eigenvalue weighted by Crippen LogP contribution is -2.15. The first-order valence-electron chi connectivity index (χ1n) is 9.95. The first-order chi connectivity index (χ1) is 14.6. The van der Waals surface area contributed by atoms with Crippen molar-refractivity contribution in [3.8, 4) is 28.5 Å². The largest absolute Gasteiger partial charge is 0.493 e. The Hall–Kier alpha value is -3.38. The molecule has 154 valence electrons. The number of hydrogen-bond donors (Lipinski definition) is 0. The molecule has 0 unspecified atom stereocenters. The number of benzene rings is 1. The average molecular weight is 403 g/mol. The first-order valence-corrected chi connectivity index (χ1v) is 9.95. The van der Waals surface area contributed by atoms with Gasteiger partial charge in [0.1, 0.15) is 17.1 Å². The monoisotopic (exact) mass is 403 g/mol. The summed E-state index contributed by atoms with van der Waals surface area (Å²) in [5, 5.41) is 0.832. The molecule has 0 aliphatic carbocycles. The summed E-state index contributed by atoms with van der Waals surface area (Å²) >= 11 is 0. The van der Waals surface area contributed by atoms with Crippen molar-refractivity contribution < 1.29 is 13.9 Å². The summed E-state index contributed by atoms with van der Waals surface area (Å²) < 4.78 is 17.7. The average Bonchev–Trinajstić information content (AvgIpc) is 3.22. The normalized spacial score (nSPS) is 11.2. The predicted molar refractivity (Wildman–Crippen MR) is 117 cm³/mol. The molecule has 4 aromatic rings. The molecular formula is C24H25N3O3. The molecule has 0 saturated carbocycles. The number of aryl methyl sites for hydroxylation is 1. The molecule has 0 bridgehead atoms. The Kier molecular flexibility index (Phi) is 5.95. The van der Waals surface area contributed by atoms with E-state index in [4.69, 9.17) is 13.9 Å². The van der Waals surface area contributed by atoms with Crippen LogP contribution in [0.1, 0.15) is 12.1 Å². The number of nitrogens with zero attached hydrogens (tertiary/aromatic N) is 3. The van der Waals surface area contributed by atoms with Gasteiger partial charge in [0.15, 0.2) is 0 Å². The molecule has 1 aromatic carbocycles. The van der Waals surface area contributed by atoms with Crippen molar-refractivity contribution in [2.75, 3.05) is 27.2 Å². The van der Waals surface area contributed by atoms with Gasteiger partial charge in [0.05, 0.1) is 18.3 Å². The Morgan fingerprint density at radius 3 is 2.73 bits per heavy atom. The van der Waals surface area contributed by atoms with Crippen LogP contribution in [0.15, 0.2) is 65.5 Å². The molecule has 0 radical (unpaired) electrons. The minimum Gasteiger partial charge on any atom is -0.493 e. The van der Waals surface area contributed by atoms with E-state index in [0.29, 0.717) is 18.2 Å². The van der Waals surface area contributed by atoms with Gasteiger partial charge in [-0.15, -0.1) is 0 Å². The highest BCUT2D eigenvalue weighted by atomic mass is 16.5. The van der Waals surface area contributed by atoms with Crippen molar-refractivity contribution in [2.45, 2.75) is 13.3 Å². The standard InChI is InChI=1S/C24H25N3O3/c1-17-19(6-4-11-25-17)20-8-7-18(16-23(20)28-14-5-13-27(2)3)30-24-21-10-15-29-22(21)9-12-26-24/h4,6-12,15-16H,5,13-14H2,1-3H3. The summed E-state index contributed by atoms with van der Waals surface area (Å²) in [4.78, 5) is 10.9. The summed E-state index contributed by atoms with van der Waals surface area (Å²) in [5.41, 5.74) is 3.73. The molecular weight excluding hydrogens is 378 g/mol. The fourth-order valence-corrected chi connectivity index (χ4v) is 3.30. The number of hydrogen-bond acceptors (Lipinski definition) is 6. The van der Waals surface area contributed by atoms with Gasteiger partial charge in [-0.25, -0.2) is 4.98 Å². The van der Waals surface area contributed by atoms with Gasteiger partial charge in [-0.05, 0) is 57.8 Å². The Bertz CT molecular complexity index is 1140. The molecule has 0 spiro atoms. The zero-order chi connectivity index (χ0) is 20.9. The number of furan rings is 1. The van der Waals surface area contributed by atoms with Crippen LogP contribution >= 0.6 is 0 Å². The van der Waals surface area contributed by atoms with E-state index in [9.17, 15) is 0 Å². The molecule has 0 amide bonds. The van der Waals surface area contributed by atoms with Crippen molar-refractivity contribution in [1.82, 2.24) is 14.9 Å². The van der Waals surface area contributed by atoms with E-state index in [-0.39, 0.29) is 0 Å². The van der Waals surface area contributed by atoms with E-state index in [1.165, 1.54) is 0 Å². The molecule has 6 heteroatoms. The van der Waals surface area contributed by atoms with Gasteiger partial charge < -0.3 is 18.8 Å². The second kappa shape index (κ2) is 8.97. The van der Waals surface area contributed by atoms with Crippen LogP contribution in [0.4, 0.5) is 0 Å². The molecule has 0 atom stereocenters. The van der Waals surface area contributed by atoms with E-state index in [2.05, 4.69) is 35.0 Å². The maximum absolute atomic E-state index is 6.17. The van der Waals surface area contributed by atoms with E-state index in [0.717, 1.165) is 46.5 Å². The van der Waals surface area contributed by atoms with Crippen LogP contribution in [0.2, 0.25) is 0 Å². The highest BCUT2D eigenvalue weighted by molar-refractivity contribution is 5.82. The number of rotatable bonds is 8. The van der Waals surface area contributed by atoms with E-state index < -0.39 is 0 Å². The van der Waals surface area contributed by atoms with Crippen LogP contribution in [0.25, 0.3) is 22.1 Å². The Labute approximate surface area is 176 Å². The fourth-order valence-electron chi connectivity index (χ4n) is 3.30. The maximum Gasteiger partial charge on any atom is 0.230 e. The van der Waals surface area contributed by atoms with Crippen LogP contribution in [0.5, 0.6) is 17.4 Å². The van der Waals surface area contributed by atoms with Gasteiger partial charge in [-0.1, -0.05) is 6.07 Å². The minimum absolute atomic E-state index is 0.505. The Morgan fingerprint density at radius 2 is 1.90 bits per heavy atom. The van der Waals surface area contributed by atoms with Gasteiger partial charge >= 0.3 is 0 Å². The third-order valence-corrected chi connectivity index (χ3v) is 4.82. The van der Waals surface area contributed by atoms with Crippen LogP contribution in [0.3, 0.4) is 0 Å². The van der Waals surface area contributed by atoms with E-state index in [1.807, 2.05) is 43.3 Å². The smallest absolute Gasteiger partial charge is 0.230 e. The number of pyridine rings is 2. The highest BCUT2D eigenvalue weighted by Gasteiger charge is 2.13. The van der Waals surface area contributed by atoms with Crippen LogP contribution in [-0.4, -0.2) is 42.1 Å². The molecule has 4 rings (SSSR count). The number of aromatic nitrogens is 2. The van der Waals surface area contributed by atoms with Crippen molar-refractivity contribution in [2.24, 2.45) is 0 Å². The molecule has 0 N–H and O–H groups in total. The summed E-state index contributed by atoms with van der Waals surface area (Å²) in [6.45, 7) is 3.58. The molecule has 3 aromatic heterocycles. The molecule has 0 saturated heterocycles. The topological polar surface area (TPSA) is 60.6 Å². The Morgan fingerprint density at radius 1 is 1.00 bits per heavy atom. The van der Waals surface area contributed by atoms with Crippen LogP contribution in [0, 0.1) is 6.92 Å². The molecule has 0 fully saturated rings. The molecule has 0 aliphatic rings. The summed E-state index contributed by atoms with van der Waals surface area (Å²) in [6.07, 6.45) is 6.03. The van der Waals surface area contributed by atoms with Gasteiger partial charge in [-0.3, -0.25) is 4.98 Å². The fraction of sp³-hybridized carbons (Fsp3) is 0.250. The van der Waals surface area contributed by atoms with Crippen molar-refractivity contribution >= 4 is 11.0 Å².